The molecule has 0 amide bonds. The molecular formula is C13H15N3S. The van der Waals surface area contributed by atoms with Crippen LogP contribution < -0.4 is 5.43 Å². The molecule has 2 rings (SSSR count). The molecule has 3 nitrogen and oxygen atoms in total. The van der Waals surface area contributed by atoms with Gasteiger partial charge in [-0.05, 0) is 26.3 Å². The highest BCUT2D eigenvalue weighted by molar-refractivity contribution is 7.13. The van der Waals surface area contributed by atoms with Gasteiger partial charge in [0.2, 0.25) is 5.13 Å². The van der Waals surface area contributed by atoms with Gasteiger partial charge in [-0.25, -0.2) is 4.98 Å². The first-order valence-corrected chi connectivity index (χ1v) is 6.32. The van der Waals surface area contributed by atoms with Gasteiger partial charge < -0.3 is 0 Å². The predicted molar refractivity (Wildman–Crippen MR) is 73.9 cm³/mol. The average Bonchev–Trinajstić information content (AvgIpc) is 2.73. The van der Waals surface area contributed by atoms with Gasteiger partial charge in [-0.2, -0.15) is 5.10 Å². The number of benzene rings is 1. The zero-order valence-electron chi connectivity index (χ0n) is 10.2. The molecule has 0 saturated carbocycles. The lowest BCUT2D eigenvalue weighted by Crippen LogP contribution is -1.99. The fraction of sp³-hybridized carbons (Fsp3) is 0.231. The fourth-order valence-electron chi connectivity index (χ4n) is 1.40. The highest BCUT2D eigenvalue weighted by Gasteiger charge is 1.98. The number of nitrogens with one attached hydrogen (secondary N) is 1. The number of thiazole rings is 1. The van der Waals surface area contributed by atoms with E-state index in [1.54, 1.807) is 11.3 Å². The Morgan fingerprint density at radius 3 is 2.53 bits per heavy atom. The van der Waals surface area contributed by atoms with E-state index >= 15 is 0 Å². The van der Waals surface area contributed by atoms with Crippen LogP contribution in [0.4, 0.5) is 5.13 Å². The first-order chi connectivity index (χ1) is 8.15. The van der Waals surface area contributed by atoms with Gasteiger partial charge in [-0.3, -0.25) is 5.43 Å². The minimum absolute atomic E-state index is 0.828. The van der Waals surface area contributed by atoms with Gasteiger partial charge in [0.25, 0.3) is 0 Å². The van der Waals surface area contributed by atoms with E-state index in [9.17, 15) is 0 Å². The van der Waals surface area contributed by atoms with Crippen molar-refractivity contribution in [3.63, 3.8) is 0 Å². The van der Waals surface area contributed by atoms with Crippen LogP contribution in [0.25, 0.3) is 0 Å². The van der Waals surface area contributed by atoms with Gasteiger partial charge in [0.15, 0.2) is 0 Å². The molecular weight excluding hydrogens is 230 g/mol. The number of hydrazone groups is 1. The minimum Gasteiger partial charge on any atom is -0.252 e. The number of aromatic nitrogens is 1. The van der Waals surface area contributed by atoms with Crippen LogP contribution in [-0.2, 0) is 0 Å². The first kappa shape index (κ1) is 11.8. The topological polar surface area (TPSA) is 37.3 Å². The fourth-order valence-corrected chi connectivity index (χ4v) is 2.03. The van der Waals surface area contributed by atoms with Crippen molar-refractivity contribution in [2.45, 2.75) is 20.8 Å². The van der Waals surface area contributed by atoms with Crippen LogP contribution in [-0.4, -0.2) is 10.7 Å². The van der Waals surface area contributed by atoms with E-state index in [0.29, 0.717) is 0 Å². The number of rotatable bonds is 3. The molecule has 0 atom stereocenters. The monoisotopic (exact) mass is 245 g/mol. The standard InChI is InChI=1S/C13H15N3S/c1-9-4-6-12(7-5-9)11(3)15-16-13-14-10(2)8-17-13/h4-8H,1-3H3,(H,14,16). The smallest absolute Gasteiger partial charge is 0.203 e. The maximum atomic E-state index is 4.32. The molecule has 0 spiro atoms. The maximum absolute atomic E-state index is 4.32. The largest absolute Gasteiger partial charge is 0.252 e. The van der Waals surface area contributed by atoms with Crippen LogP contribution >= 0.6 is 11.3 Å². The average molecular weight is 245 g/mol. The van der Waals surface area contributed by atoms with E-state index in [4.69, 9.17) is 0 Å². The molecule has 0 aliphatic carbocycles. The van der Waals surface area contributed by atoms with Crippen molar-refractivity contribution in [2.24, 2.45) is 5.10 Å². The zero-order valence-corrected chi connectivity index (χ0v) is 11.0. The molecule has 0 bridgehead atoms. The molecule has 17 heavy (non-hydrogen) atoms. The number of anilines is 1. The summed E-state index contributed by atoms with van der Waals surface area (Å²) in [5.74, 6) is 0. The molecule has 0 aliphatic heterocycles. The number of hydrogen-bond acceptors (Lipinski definition) is 4. The second-order valence-electron chi connectivity index (χ2n) is 3.97. The molecule has 1 aromatic heterocycles. The summed E-state index contributed by atoms with van der Waals surface area (Å²) in [6.07, 6.45) is 0. The molecule has 0 fully saturated rings. The van der Waals surface area contributed by atoms with Crippen molar-refractivity contribution in [1.29, 1.82) is 0 Å². The van der Waals surface area contributed by atoms with Crippen molar-refractivity contribution in [3.8, 4) is 0 Å². The highest BCUT2D eigenvalue weighted by atomic mass is 32.1. The van der Waals surface area contributed by atoms with Crippen LogP contribution in [0.15, 0.2) is 34.7 Å². The van der Waals surface area contributed by atoms with Crippen molar-refractivity contribution in [2.75, 3.05) is 5.43 Å². The molecule has 4 heteroatoms. The van der Waals surface area contributed by atoms with Crippen LogP contribution in [0.1, 0.15) is 23.7 Å². The molecule has 1 N–H and O–H groups in total. The van der Waals surface area contributed by atoms with E-state index in [-0.39, 0.29) is 0 Å². The summed E-state index contributed by atoms with van der Waals surface area (Å²) < 4.78 is 0. The maximum Gasteiger partial charge on any atom is 0.203 e. The van der Waals surface area contributed by atoms with E-state index in [1.807, 2.05) is 19.2 Å². The molecule has 2 aromatic rings. The second kappa shape index (κ2) is 5.10. The summed E-state index contributed by atoms with van der Waals surface area (Å²) >= 11 is 1.56. The van der Waals surface area contributed by atoms with Crippen LogP contribution in [0.2, 0.25) is 0 Å². The van der Waals surface area contributed by atoms with Crippen molar-refractivity contribution in [1.82, 2.24) is 4.98 Å². The molecule has 0 aliphatic rings. The third-order valence-electron chi connectivity index (χ3n) is 2.41. The lowest BCUT2D eigenvalue weighted by Gasteiger charge is -2.01. The molecule has 1 aromatic carbocycles. The van der Waals surface area contributed by atoms with E-state index in [2.05, 4.69) is 46.7 Å². The van der Waals surface area contributed by atoms with Gasteiger partial charge in [0.1, 0.15) is 0 Å². The molecule has 0 unspecified atom stereocenters. The van der Waals surface area contributed by atoms with Gasteiger partial charge in [0, 0.05) is 5.38 Å². The summed E-state index contributed by atoms with van der Waals surface area (Å²) in [4.78, 5) is 4.29. The van der Waals surface area contributed by atoms with E-state index < -0.39 is 0 Å². The minimum atomic E-state index is 0.828. The summed E-state index contributed by atoms with van der Waals surface area (Å²) in [6.45, 7) is 6.03. The lowest BCUT2D eigenvalue weighted by atomic mass is 10.1. The van der Waals surface area contributed by atoms with Gasteiger partial charge in [0.05, 0.1) is 11.4 Å². The number of aryl methyl sites for hydroxylation is 2. The Balaban J connectivity index is 2.09. The molecule has 0 radical (unpaired) electrons. The Bertz CT molecular complexity index is 526. The van der Waals surface area contributed by atoms with Crippen LogP contribution in [0.5, 0.6) is 0 Å². The molecule has 1 heterocycles. The second-order valence-corrected chi connectivity index (χ2v) is 4.83. The Morgan fingerprint density at radius 2 is 1.94 bits per heavy atom. The number of hydrogen-bond donors (Lipinski definition) is 1. The van der Waals surface area contributed by atoms with Crippen LogP contribution in [0, 0.1) is 13.8 Å². The Labute approximate surface area is 105 Å². The first-order valence-electron chi connectivity index (χ1n) is 5.44. The zero-order chi connectivity index (χ0) is 12.3. The van der Waals surface area contributed by atoms with Crippen LogP contribution in [0.3, 0.4) is 0 Å². The Morgan fingerprint density at radius 1 is 1.24 bits per heavy atom. The summed E-state index contributed by atoms with van der Waals surface area (Å²) in [5, 5.41) is 7.15. The van der Waals surface area contributed by atoms with Crippen molar-refractivity contribution < 1.29 is 0 Å². The summed E-state index contributed by atoms with van der Waals surface area (Å²) in [6, 6.07) is 8.32. The Kier molecular flexibility index (Phi) is 3.54. The third kappa shape index (κ3) is 3.14. The predicted octanol–water partition coefficient (Wildman–Crippen LogP) is 3.60. The quantitative estimate of drug-likeness (QED) is 0.662. The highest BCUT2D eigenvalue weighted by Crippen LogP contribution is 2.14. The molecule has 88 valence electrons. The van der Waals surface area contributed by atoms with Gasteiger partial charge in [-0.1, -0.05) is 29.8 Å². The van der Waals surface area contributed by atoms with Gasteiger partial charge >= 0.3 is 0 Å². The van der Waals surface area contributed by atoms with Gasteiger partial charge in [-0.15, -0.1) is 11.3 Å². The lowest BCUT2D eigenvalue weighted by molar-refractivity contribution is 1.21. The van der Waals surface area contributed by atoms with Crippen molar-refractivity contribution in [3.05, 3.63) is 46.5 Å². The normalized spacial score (nSPS) is 11.6. The van der Waals surface area contributed by atoms with E-state index in [0.717, 1.165) is 22.1 Å². The SMILES string of the molecule is CC(=NNc1nc(C)cs1)c1ccc(C)cc1. The Hall–Kier alpha value is -1.68. The summed E-state index contributed by atoms with van der Waals surface area (Å²) in [7, 11) is 0. The van der Waals surface area contributed by atoms with Crippen molar-refractivity contribution >= 4 is 22.2 Å². The summed E-state index contributed by atoms with van der Waals surface area (Å²) in [5.41, 5.74) is 7.32. The van der Waals surface area contributed by atoms with E-state index in [1.165, 1.54) is 5.56 Å². The third-order valence-corrected chi connectivity index (χ3v) is 3.27. The number of nitrogens with zero attached hydrogens (tertiary/aromatic N) is 2. The molecule has 0 saturated heterocycles.